The first kappa shape index (κ1) is 15.9. The Balaban J connectivity index is 1.67. The Bertz CT molecular complexity index is 523. The third kappa shape index (κ3) is 3.35. The smallest absolute Gasteiger partial charge is 0.168 e. The van der Waals surface area contributed by atoms with Crippen molar-refractivity contribution in [1.82, 2.24) is 0 Å². The fourth-order valence-corrected chi connectivity index (χ4v) is 5.31. The van der Waals surface area contributed by atoms with Gasteiger partial charge in [0, 0.05) is 12.8 Å². The minimum Gasteiger partial charge on any atom is -0.386 e. The summed E-state index contributed by atoms with van der Waals surface area (Å²) >= 11 is 0. The van der Waals surface area contributed by atoms with E-state index in [0.717, 1.165) is 12.8 Å². The van der Waals surface area contributed by atoms with E-state index in [9.17, 15) is 5.11 Å². The zero-order valence-corrected chi connectivity index (χ0v) is 14.5. The molecule has 0 unspecified atom stereocenters. The third-order valence-corrected chi connectivity index (χ3v) is 7.84. The summed E-state index contributed by atoms with van der Waals surface area (Å²) in [6.07, 6.45) is 5.03. The van der Waals surface area contributed by atoms with Crippen molar-refractivity contribution in [3.05, 3.63) is 42.1 Å². The fraction of sp³-hybridized carbons (Fsp3) is 0.556. The molecule has 1 spiro atoms. The standard InChI is InChI=1S/C18H26O3Si/c1-22(2,16-6-4-3-5-7-16)15-12-17(19)8-10-18(11-9-17)20-13-14-21-18/h3-7,12,15,19H,8-11,13-14H2,1-2H3/b15-12+. The molecule has 1 heterocycles. The van der Waals surface area contributed by atoms with Crippen LogP contribution < -0.4 is 5.19 Å². The van der Waals surface area contributed by atoms with E-state index in [-0.39, 0.29) is 0 Å². The van der Waals surface area contributed by atoms with E-state index in [0.29, 0.717) is 26.1 Å². The second-order valence-electron chi connectivity index (χ2n) is 7.13. The van der Waals surface area contributed by atoms with Crippen LogP contribution in [0.4, 0.5) is 0 Å². The van der Waals surface area contributed by atoms with E-state index in [1.807, 2.05) is 12.1 Å². The molecule has 1 aliphatic carbocycles. The Labute approximate surface area is 134 Å². The number of benzene rings is 1. The number of rotatable bonds is 3. The largest absolute Gasteiger partial charge is 0.386 e. The molecule has 0 amide bonds. The molecule has 1 aromatic rings. The van der Waals surface area contributed by atoms with Gasteiger partial charge >= 0.3 is 0 Å². The van der Waals surface area contributed by atoms with E-state index in [2.05, 4.69) is 43.1 Å². The molecule has 3 rings (SSSR count). The van der Waals surface area contributed by atoms with E-state index in [4.69, 9.17) is 9.47 Å². The number of aliphatic hydroxyl groups is 1. The molecule has 1 aliphatic heterocycles. The SMILES string of the molecule is C[Si](C)(/C=C/C1(O)CCC2(CC1)OCCO2)c1ccccc1. The molecule has 0 radical (unpaired) electrons. The summed E-state index contributed by atoms with van der Waals surface area (Å²) in [5.41, 5.74) is 1.57. The van der Waals surface area contributed by atoms with Gasteiger partial charge in [0.2, 0.25) is 0 Å². The highest BCUT2D eigenvalue weighted by Crippen LogP contribution is 2.40. The molecule has 1 saturated heterocycles. The van der Waals surface area contributed by atoms with Gasteiger partial charge in [-0.15, -0.1) is 0 Å². The monoisotopic (exact) mass is 318 g/mol. The predicted molar refractivity (Wildman–Crippen MR) is 90.8 cm³/mol. The van der Waals surface area contributed by atoms with Crippen LogP contribution in [0.5, 0.6) is 0 Å². The molecule has 2 aliphatic rings. The molecule has 0 aromatic heterocycles. The summed E-state index contributed by atoms with van der Waals surface area (Å²) in [7, 11) is -1.65. The van der Waals surface area contributed by atoms with Crippen LogP contribution >= 0.6 is 0 Å². The van der Waals surface area contributed by atoms with Crippen LogP contribution in [0.15, 0.2) is 42.1 Å². The fourth-order valence-electron chi connectivity index (χ4n) is 3.34. The van der Waals surface area contributed by atoms with Gasteiger partial charge in [0.1, 0.15) is 8.07 Å². The first-order chi connectivity index (χ1) is 10.4. The topological polar surface area (TPSA) is 38.7 Å². The van der Waals surface area contributed by atoms with Gasteiger partial charge in [0.15, 0.2) is 5.79 Å². The summed E-state index contributed by atoms with van der Waals surface area (Å²) < 4.78 is 11.5. The lowest BCUT2D eigenvalue weighted by Crippen LogP contribution is -2.44. The number of ether oxygens (including phenoxy) is 2. The maximum absolute atomic E-state index is 10.8. The van der Waals surface area contributed by atoms with E-state index >= 15 is 0 Å². The van der Waals surface area contributed by atoms with Crippen LogP contribution in [0.3, 0.4) is 0 Å². The maximum Gasteiger partial charge on any atom is 0.168 e. The van der Waals surface area contributed by atoms with Crippen molar-refractivity contribution in [3.63, 3.8) is 0 Å². The Kier molecular flexibility index (Phi) is 4.29. The predicted octanol–water partition coefficient (Wildman–Crippen LogP) is 2.75. The Morgan fingerprint density at radius 2 is 1.59 bits per heavy atom. The van der Waals surface area contributed by atoms with E-state index in [1.54, 1.807) is 0 Å². The van der Waals surface area contributed by atoms with Crippen molar-refractivity contribution in [2.45, 2.75) is 50.2 Å². The van der Waals surface area contributed by atoms with E-state index in [1.165, 1.54) is 5.19 Å². The van der Waals surface area contributed by atoms with Crippen molar-refractivity contribution in [2.75, 3.05) is 13.2 Å². The Morgan fingerprint density at radius 3 is 2.18 bits per heavy atom. The maximum atomic E-state index is 10.8. The Morgan fingerprint density at radius 1 is 1.00 bits per heavy atom. The van der Waals surface area contributed by atoms with Crippen LogP contribution in [-0.4, -0.2) is 37.8 Å². The lowest BCUT2D eigenvalue weighted by Gasteiger charge is -2.39. The van der Waals surface area contributed by atoms with Gasteiger partial charge in [0.25, 0.3) is 0 Å². The first-order valence-corrected chi connectivity index (χ1v) is 11.3. The molecule has 22 heavy (non-hydrogen) atoms. The first-order valence-electron chi connectivity index (χ1n) is 8.19. The van der Waals surface area contributed by atoms with Crippen LogP contribution in [-0.2, 0) is 9.47 Å². The number of hydrogen-bond acceptors (Lipinski definition) is 3. The number of hydrogen-bond donors (Lipinski definition) is 1. The molecule has 1 N–H and O–H groups in total. The minimum atomic E-state index is -1.65. The third-order valence-electron chi connectivity index (χ3n) is 5.02. The van der Waals surface area contributed by atoms with Gasteiger partial charge in [-0.25, -0.2) is 0 Å². The average molecular weight is 318 g/mol. The van der Waals surface area contributed by atoms with Crippen molar-refractivity contribution in [2.24, 2.45) is 0 Å². The van der Waals surface area contributed by atoms with Gasteiger partial charge in [-0.1, -0.05) is 60.4 Å². The van der Waals surface area contributed by atoms with E-state index < -0.39 is 19.5 Å². The zero-order valence-electron chi connectivity index (χ0n) is 13.5. The summed E-state index contributed by atoms with van der Waals surface area (Å²) in [5, 5.41) is 12.2. The van der Waals surface area contributed by atoms with Crippen LogP contribution in [0.25, 0.3) is 0 Å². The highest BCUT2D eigenvalue weighted by molar-refractivity contribution is 6.93. The highest BCUT2D eigenvalue weighted by atomic mass is 28.3. The van der Waals surface area contributed by atoms with Gasteiger partial charge in [0.05, 0.1) is 18.8 Å². The summed E-state index contributed by atoms with van der Waals surface area (Å²) in [6, 6.07) is 10.6. The van der Waals surface area contributed by atoms with Crippen molar-refractivity contribution >= 4 is 13.3 Å². The second-order valence-corrected chi connectivity index (χ2v) is 11.5. The minimum absolute atomic E-state index is 0.410. The average Bonchev–Trinajstić information content (AvgIpc) is 2.99. The molecular formula is C18H26O3Si. The second kappa shape index (κ2) is 5.93. The van der Waals surface area contributed by atoms with Gasteiger partial charge < -0.3 is 14.6 Å². The quantitative estimate of drug-likeness (QED) is 0.871. The van der Waals surface area contributed by atoms with Crippen LogP contribution in [0.2, 0.25) is 13.1 Å². The molecule has 4 heteroatoms. The highest BCUT2D eigenvalue weighted by Gasteiger charge is 2.44. The van der Waals surface area contributed by atoms with Crippen molar-refractivity contribution < 1.29 is 14.6 Å². The zero-order chi connectivity index (χ0) is 15.7. The normalized spacial score (nSPS) is 24.1. The van der Waals surface area contributed by atoms with Crippen molar-refractivity contribution in [3.8, 4) is 0 Å². The van der Waals surface area contributed by atoms with Gasteiger partial charge in [-0.2, -0.15) is 0 Å². The molecule has 2 fully saturated rings. The van der Waals surface area contributed by atoms with Crippen molar-refractivity contribution in [1.29, 1.82) is 0 Å². The molecule has 1 aromatic carbocycles. The molecule has 120 valence electrons. The summed E-state index contributed by atoms with van der Waals surface area (Å²) in [6.45, 7) is 6.00. The molecule has 0 atom stereocenters. The lowest BCUT2D eigenvalue weighted by molar-refractivity contribution is -0.196. The van der Waals surface area contributed by atoms with Crippen LogP contribution in [0, 0.1) is 0 Å². The van der Waals surface area contributed by atoms with Gasteiger partial charge in [-0.3, -0.25) is 0 Å². The molecule has 1 saturated carbocycles. The van der Waals surface area contributed by atoms with Gasteiger partial charge in [-0.05, 0) is 12.8 Å². The molecular weight excluding hydrogens is 292 g/mol. The van der Waals surface area contributed by atoms with Crippen LogP contribution in [0.1, 0.15) is 25.7 Å². The Hall–Kier alpha value is -0.943. The molecule has 3 nitrogen and oxygen atoms in total. The molecule has 0 bridgehead atoms. The summed E-state index contributed by atoms with van der Waals surface area (Å²) in [5.74, 6) is -0.410. The summed E-state index contributed by atoms with van der Waals surface area (Å²) in [4.78, 5) is 0. The lowest BCUT2D eigenvalue weighted by atomic mass is 9.81.